The molecule has 0 saturated carbocycles. The molecule has 58 valence electrons. The fourth-order valence-electron chi connectivity index (χ4n) is 0.385. The molecular formula is C6H10NaO3P. The number of hydrogen-bond donors (Lipinski definition) is 3. The van der Waals surface area contributed by atoms with E-state index < -0.39 is 8.60 Å². The molecule has 1 rings (SSSR count). The summed E-state index contributed by atoms with van der Waals surface area (Å²) in [7, 11) is -2.62. The van der Waals surface area contributed by atoms with E-state index in [2.05, 4.69) is 0 Å². The molecule has 11 heavy (non-hydrogen) atoms. The molecule has 3 N–H and O–H groups in total. The molecule has 5 heteroatoms. The van der Waals surface area contributed by atoms with Crippen LogP contribution in [-0.2, 0) is 0 Å². The van der Waals surface area contributed by atoms with Gasteiger partial charge in [-0.05, 0) is 0 Å². The van der Waals surface area contributed by atoms with Crippen LogP contribution < -0.4 is 0 Å². The smallest absolute Gasteiger partial charge is 0.0623 e. The summed E-state index contributed by atoms with van der Waals surface area (Å²) < 4.78 is 0. The molecule has 0 heterocycles. The molecule has 0 bridgehead atoms. The Balaban J connectivity index is 0. The first kappa shape index (κ1) is 14.1. The zero-order chi connectivity index (χ0) is 7.82. The Bertz CT molecular complexity index is 118. The Morgan fingerprint density at radius 2 is 0.727 bits per heavy atom. The predicted molar refractivity (Wildman–Crippen MR) is 47.2 cm³/mol. The van der Waals surface area contributed by atoms with Crippen LogP contribution in [0.3, 0.4) is 0 Å². The number of hydrogen-bond acceptors (Lipinski definition) is 3. The summed E-state index contributed by atoms with van der Waals surface area (Å²) in [4.78, 5) is 21.7. The topological polar surface area (TPSA) is 60.7 Å². The molecule has 0 atom stereocenters. The number of benzene rings is 1. The first-order chi connectivity index (χ1) is 4.73. The van der Waals surface area contributed by atoms with Gasteiger partial charge in [0.2, 0.25) is 0 Å². The third-order valence-electron chi connectivity index (χ3n) is 0.667. The van der Waals surface area contributed by atoms with Crippen molar-refractivity contribution < 1.29 is 14.7 Å². The van der Waals surface area contributed by atoms with E-state index in [1.807, 2.05) is 36.4 Å². The van der Waals surface area contributed by atoms with E-state index in [9.17, 15) is 0 Å². The molecule has 0 aliphatic rings. The van der Waals surface area contributed by atoms with Gasteiger partial charge in [-0.3, -0.25) is 0 Å². The van der Waals surface area contributed by atoms with Gasteiger partial charge in [-0.2, -0.15) is 0 Å². The van der Waals surface area contributed by atoms with E-state index in [0.717, 1.165) is 0 Å². The van der Waals surface area contributed by atoms with Crippen molar-refractivity contribution in [2.45, 2.75) is 0 Å². The first-order valence-electron chi connectivity index (χ1n) is 2.60. The third-order valence-corrected chi connectivity index (χ3v) is 0.667. The van der Waals surface area contributed by atoms with Gasteiger partial charge in [0.1, 0.15) is 0 Å². The van der Waals surface area contributed by atoms with Crippen molar-refractivity contribution in [1.29, 1.82) is 0 Å². The van der Waals surface area contributed by atoms with Gasteiger partial charge in [-0.1, -0.05) is 36.4 Å². The van der Waals surface area contributed by atoms with Crippen LogP contribution in [0.25, 0.3) is 0 Å². The van der Waals surface area contributed by atoms with Crippen LogP contribution in [0.1, 0.15) is 0 Å². The Hall–Kier alpha value is 0.530. The maximum Gasteiger partial charge on any atom is -0.0623 e. The van der Waals surface area contributed by atoms with Crippen LogP contribution in [0.2, 0.25) is 0 Å². The van der Waals surface area contributed by atoms with Gasteiger partial charge in [-0.25, -0.2) is 0 Å². The molecule has 0 saturated heterocycles. The van der Waals surface area contributed by atoms with E-state index in [-0.39, 0.29) is 29.6 Å². The van der Waals surface area contributed by atoms with Gasteiger partial charge in [0.25, 0.3) is 0 Å². The molecule has 1 aromatic carbocycles. The molecule has 0 amide bonds. The van der Waals surface area contributed by atoms with Gasteiger partial charge in [0.05, 0.1) is 0 Å². The van der Waals surface area contributed by atoms with Gasteiger partial charge in [-0.15, -0.1) is 0 Å². The van der Waals surface area contributed by atoms with Crippen LogP contribution >= 0.6 is 8.60 Å². The van der Waals surface area contributed by atoms with Gasteiger partial charge in [0, 0.05) is 0 Å². The van der Waals surface area contributed by atoms with Gasteiger partial charge >= 0.3 is 38.2 Å². The molecule has 0 fully saturated rings. The monoisotopic (exact) mass is 184 g/mol. The average Bonchev–Trinajstić information content (AvgIpc) is 1.90. The van der Waals surface area contributed by atoms with E-state index >= 15 is 0 Å². The molecule has 0 spiro atoms. The Morgan fingerprint density at radius 1 is 0.636 bits per heavy atom. The Kier molecular flexibility index (Phi) is 13.5. The maximum absolute atomic E-state index is 7.23. The third kappa shape index (κ3) is 18.0. The maximum atomic E-state index is 7.23. The van der Waals surface area contributed by atoms with Gasteiger partial charge < -0.3 is 14.7 Å². The molecule has 0 radical (unpaired) electrons. The zero-order valence-electron chi connectivity index (χ0n) is 5.25. The predicted octanol–water partition coefficient (Wildman–Crippen LogP) is 0.228. The number of rotatable bonds is 0. The summed E-state index contributed by atoms with van der Waals surface area (Å²) >= 11 is 0. The van der Waals surface area contributed by atoms with Crippen LogP contribution in [0.5, 0.6) is 0 Å². The van der Waals surface area contributed by atoms with Crippen molar-refractivity contribution in [3.05, 3.63) is 36.4 Å². The van der Waals surface area contributed by atoms with Crippen LogP contribution in [0.15, 0.2) is 36.4 Å². The Morgan fingerprint density at radius 3 is 0.818 bits per heavy atom. The van der Waals surface area contributed by atoms with E-state index in [0.29, 0.717) is 0 Å². The average molecular weight is 184 g/mol. The van der Waals surface area contributed by atoms with Crippen LogP contribution in [0.4, 0.5) is 0 Å². The summed E-state index contributed by atoms with van der Waals surface area (Å²) in [5.41, 5.74) is 0. The van der Waals surface area contributed by atoms with Crippen molar-refractivity contribution in [3.8, 4) is 0 Å². The minimum absolute atomic E-state index is 0. The minimum atomic E-state index is -2.62. The van der Waals surface area contributed by atoms with Crippen molar-refractivity contribution in [2.75, 3.05) is 0 Å². The second-order valence-electron chi connectivity index (χ2n) is 1.42. The summed E-state index contributed by atoms with van der Waals surface area (Å²) in [5, 5.41) is 0. The fraction of sp³-hybridized carbons (Fsp3) is 0. The van der Waals surface area contributed by atoms with Crippen LogP contribution in [0, 0.1) is 0 Å². The molecular weight excluding hydrogens is 174 g/mol. The SMILES string of the molecule is OP(O)O.[NaH].c1ccccc1. The molecule has 1 aromatic rings. The summed E-state index contributed by atoms with van der Waals surface area (Å²) in [6, 6.07) is 12.0. The molecule has 3 nitrogen and oxygen atoms in total. The second kappa shape index (κ2) is 10.5. The normalized spacial score (nSPS) is 7.64. The standard InChI is InChI=1S/C6H6.Na.H3O3P.H/c1-2-4-6-5-3-1;;1-4(2)3;/h1-6H;;1-3H;. The molecule has 0 unspecified atom stereocenters. The molecule has 0 aliphatic carbocycles. The van der Waals surface area contributed by atoms with Crippen molar-refractivity contribution in [3.63, 3.8) is 0 Å². The summed E-state index contributed by atoms with van der Waals surface area (Å²) in [5.74, 6) is 0. The largest absolute Gasteiger partial charge is 0.0623 e. The van der Waals surface area contributed by atoms with Crippen LogP contribution in [-0.4, -0.2) is 44.2 Å². The zero-order valence-corrected chi connectivity index (χ0v) is 6.15. The van der Waals surface area contributed by atoms with Crippen molar-refractivity contribution in [2.24, 2.45) is 0 Å². The van der Waals surface area contributed by atoms with Crippen molar-refractivity contribution >= 4 is 38.2 Å². The van der Waals surface area contributed by atoms with E-state index in [1.54, 1.807) is 0 Å². The van der Waals surface area contributed by atoms with Crippen molar-refractivity contribution in [1.82, 2.24) is 0 Å². The molecule has 0 aliphatic heterocycles. The Labute approximate surface area is 89.0 Å². The second-order valence-corrected chi connectivity index (χ2v) is 1.96. The molecule has 0 aromatic heterocycles. The minimum Gasteiger partial charge on any atom is -0.0623 e. The van der Waals surface area contributed by atoms with E-state index in [1.165, 1.54) is 0 Å². The van der Waals surface area contributed by atoms with Gasteiger partial charge in [0.15, 0.2) is 0 Å². The summed E-state index contributed by atoms with van der Waals surface area (Å²) in [6.45, 7) is 0. The summed E-state index contributed by atoms with van der Waals surface area (Å²) in [6.07, 6.45) is 0. The fourth-order valence-corrected chi connectivity index (χ4v) is 0.385. The quantitative estimate of drug-likeness (QED) is 0.399. The van der Waals surface area contributed by atoms with E-state index in [4.69, 9.17) is 14.7 Å². The first-order valence-corrected chi connectivity index (χ1v) is 3.80.